The number of rotatable bonds is 5. The Labute approximate surface area is 161 Å². The molecule has 0 N–H and O–H groups in total. The summed E-state index contributed by atoms with van der Waals surface area (Å²) in [6.07, 6.45) is 2.26. The summed E-state index contributed by atoms with van der Waals surface area (Å²) < 4.78 is 6.96. The maximum atomic E-state index is 6.96. The smallest absolute Gasteiger partial charge is 0.261 e. The van der Waals surface area contributed by atoms with Gasteiger partial charge in [-0.3, -0.25) is 0 Å². The molecule has 0 radical (unpaired) electrons. The highest BCUT2D eigenvalue weighted by Gasteiger charge is 2.52. The van der Waals surface area contributed by atoms with Gasteiger partial charge in [0.25, 0.3) is 8.32 Å². The molecule has 3 heteroatoms. The number of hydrogen-bond donors (Lipinski definition) is 0. The van der Waals surface area contributed by atoms with Crippen LogP contribution in [0.5, 0.6) is 0 Å². The van der Waals surface area contributed by atoms with Crippen LogP contribution in [-0.2, 0) is 4.43 Å². The second-order valence-electron chi connectivity index (χ2n) is 7.95. The Balaban J connectivity index is 2.10. The Morgan fingerprint density at radius 1 is 0.960 bits per heavy atom. The SMILES string of the molecule is CC(C)(C)[Si](OCC1(C#CBr)CC1)(c1ccccc1)c1ccccc1. The lowest BCUT2D eigenvalue weighted by Gasteiger charge is -2.43. The van der Waals surface area contributed by atoms with Crippen molar-refractivity contribution in [2.75, 3.05) is 6.61 Å². The van der Waals surface area contributed by atoms with Crippen LogP contribution >= 0.6 is 15.9 Å². The molecule has 1 saturated carbocycles. The monoisotopic (exact) mass is 412 g/mol. The van der Waals surface area contributed by atoms with Crippen LogP contribution in [0, 0.1) is 16.2 Å². The molecule has 130 valence electrons. The van der Waals surface area contributed by atoms with Crippen molar-refractivity contribution in [3.63, 3.8) is 0 Å². The second kappa shape index (κ2) is 7.11. The fraction of sp³-hybridized carbons (Fsp3) is 0.364. The molecule has 1 aliphatic carbocycles. The summed E-state index contributed by atoms with van der Waals surface area (Å²) in [6.45, 7) is 7.65. The minimum absolute atomic E-state index is 0.0214. The van der Waals surface area contributed by atoms with Gasteiger partial charge < -0.3 is 4.43 Å². The van der Waals surface area contributed by atoms with Gasteiger partial charge in [-0.1, -0.05) is 87.4 Å². The van der Waals surface area contributed by atoms with Crippen molar-refractivity contribution in [1.29, 1.82) is 0 Å². The van der Waals surface area contributed by atoms with Crippen LogP contribution in [0.4, 0.5) is 0 Å². The molecule has 0 aromatic heterocycles. The van der Waals surface area contributed by atoms with Gasteiger partial charge in [0.2, 0.25) is 0 Å². The van der Waals surface area contributed by atoms with E-state index in [-0.39, 0.29) is 10.5 Å². The second-order valence-corrected chi connectivity index (χ2v) is 12.7. The Bertz CT molecular complexity index is 725. The lowest BCUT2D eigenvalue weighted by Crippen LogP contribution is -2.67. The van der Waals surface area contributed by atoms with Gasteiger partial charge in [0.05, 0.1) is 12.0 Å². The van der Waals surface area contributed by atoms with Crippen LogP contribution in [0.25, 0.3) is 0 Å². The van der Waals surface area contributed by atoms with Crippen LogP contribution < -0.4 is 10.4 Å². The quantitative estimate of drug-likeness (QED) is 0.510. The predicted octanol–water partition coefficient (Wildman–Crippen LogP) is 4.70. The Morgan fingerprint density at radius 2 is 1.44 bits per heavy atom. The van der Waals surface area contributed by atoms with E-state index in [1.807, 2.05) is 0 Å². The predicted molar refractivity (Wildman–Crippen MR) is 112 cm³/mol. The van der Waals surface area contributed by atoms with E-state index in [2.05, 4.69) is 108 Å². The first-order chi connectivity index (χ1) is 11.9. The van der Waals surface area contributed by atoms with Crippen molar-refractivity contribution in [2.24, 2.45) is 5.41 Å². The molecule has 1 nitrogen and oxygen atoms in total. The molecule has 25 heavy (non-hydrogen) atoms. The van der Waals surface area contributed by atoms with E-state index in [9.17, 15) is 0 Å². The van der Waals surface area contributed by atoms with Gasteiger partial charge >= 0.3 is 0 Å². The molecule has 3 rings (SSSR count). The molecule has 0 bridgehead atoms. The first kappa shape index (κ1) is 18.4. The standard InChI is InChI=1S/C22H25BrOSi/c1-21(2,3)25(19-10-6-4-7-11-19,20-12-8-5-9-13-20)24-18-22(14-15-22)16-17-23/h4-13H,14-15,18H2,1-3H3. The van der Waals surface area contributed by atoms with Gasteiger partial charge in [0, 0.05) is 15.9 Å². The minimum Gasteiger partial charge on any atom is -0.406 e. The molecule has 2 aromatic carbocycles. The van der Waals surface area contributed by atoms with Gasteiger partial charge in [-0.15, -0.1) is 0 Å². The molecule has 0 atom stereocenters. The molecule has 0 amide bonds. The number of benzene rings is 2. The Morgan fingerprint density at radius 3 is 1.80 bits per heavy atom. The molecular formula is C22H25BrOSi. The van der Waals surface area contributed by atoms with Crippen molar-refractivity contribution < 1.29 is 4.43 Å². The first-order valence-electron chi connectivity index (χ1n) is 8.81. The first-order valence-corrected chi connectivity index (χ1v) is 11.5. The Kier molecular flexibility index (Phi) is 5.25. The molecule has 2 aromatic rings. The summed E-state index contributed by atoms with van der Waals surface area (Å²) in [6, 6.07) is 21.6. The third kappa shape index (κ3) is 3.62. The van der Waals surface area contributed by atoms with Crippen LogP contribution in [0.1, 0.15) is 33.6 Å². The van der Waals surface area contributed by atoms with E-state index in [1.54, 1.807) is 0 Å². The molecule has 0 unspecified atom stereocenters. The van der Waals surface area contributed by atoms with E-state index in [4.69, 9.17) is 4.43 Å². The van der Waals surface area contributed by atoms with E-state index in [1.165, 1.54) is 10.4 Å². The normalized spacial score (nSPS) is 16.0. The highest BCUT2D eigenvalue weighted by Crippen LogP contribution is 2.47. The molecule has 0 aliphatic heterocycles. The molecular weight excluding hydrogens is 388 g/mol. The zero-order valence-corrected chi connectivity index (χ0v) is 17.8. The summed E-state index contributed by atoms with van der Waals surface area (Å²) in [4.78, 5) is 2.92. The molecule has 0 saturated heterocycles. The number of hydrogen-bond acceptors (Lipinski definition) is 1. The third-order valence-electron chi connectivity index (χ3n) is 5.15. The van der Waals surface area contributed by atoms with Crippen LogP contribution in [0.15, 0.2) is 60.7 Å². The van der Waals surface area contributed by atoms with E-state index >= 15 is 0 Å². The van der Waals surface area contributed by atoms with Gasteiger partial charge in [-0.2, -0.15) is 0 Å². The number of halogens is 1. The van der Waals surface area contributed by atoms with Crippen molar-refractivity contribution in [3.05, 3.63) is 60.7 Å². The van der Waals surface area contributed by atoms with Crippen molar-refractivity contribution in [3.8, 4) is 10.8 Å². The lowest BCUT2D eigenvalue weighted by molar-refractivity contribution is 0.254. The van der Waals surface area contributed by atoms with Crippen LogP contribution in [0.2, 0.25) is 5.04 Å². The maximum Gasteiger partial charge on any atom is 0.261 e. The fourth-order valence-electron chi connectivity index (χ4n) is 3.56. The average molecular weight is 413 g/mol. The van der Waals surface area contributed by atoms with Gasteiger partial charge in [-0.25, -0.2) is 0 Å². The molecule has 0 spiro atoms. The van der Waals surface area contributed by atoms with Crippen molar-refractivity contribution >= 4 is 34.6 Å². The van der Waals surface area contributed by atoms with Crippen molar-refractivity contribution in [1.82, 2.24) is 0 Å². The van der Waals surface area contributed by atoms with E-state index in [0.29, 0.717) is 6.61 Å². The Hall–Kier alpha value is -1.34. The zero-order chi connectivity index (χ0) is 18.0. The summed E-state index contributed by atoms with van der Waals surface area (Å²) in [5.74, 6) is 3.32. The lowest BCUT2D eigenvalue weighted by atomic mass is 10.1. The zero-order valence-electron chi connectivity index (χ0n) is 15.2. The van der Waals surface area contributed by atoms with E-state index < -0.39 is 8.32 Å². The highest BCUT2D eigenvalue weighted by atomic mass is 79.9. The summed E-state index contributed by atoms with van der Waals surface area (Å²) >= 11 is 3.27. The maximum absolute atomic E-state index is 6.96. The largest absolute Gasteiger partial charge is 0.406 e. The summed E-state index contributed by atoms with van der Waals surface area (Å²) in [7, 11) is -2.43. The van der Waals surface area contributed by atoms with Gasteiger partial charge in [-0.05, 0) is 33.1 Å². The van der Waals surface area contributed by atoms with Gasteiger partial charge in [0.15, 0.2) is 0 Å². The van der Waals surface area contributed by atoms with Crippen molar-refractivity contribution in [2.45, 2.75) is 38.7 Å². The summed E-state index contributed by atoms with van der Waals surface area (Å²) in [5, 5.41) is 2.68. The van der Waals surface area contributed by atoms with Crippen LogP contribution in [-0.4, -0.2) is 14.9 Å². The fourth-order valence-corrected chi connectivity index (χ4v) is 8.63. The average Bonchev–Trinajstić information content (AvgIpc) is 3.36. The molecule has 1 fully saturated rings. The molecule has 0 heterocycles. The third-order valence-corrected chi connectivity index (χ3v) is 10.3. The van der Waals surface area contributed by atoms with Gasteiger partial charge in [0.1, 0.15) is 0 Å². The summed E-state index contributed by atoms with van der Waals surface area (Å²) in [5.41, 5.74) is 0.0383. The topological polar surface area (TPSA) is 9.23 Å². The highest BCUT2D eigenvalue weighted by molar-refractivity contribution is 9.12. The van der Waals surface area contributed by atoms with E-state index in [0.717, 1.165) is 12.8 Å². The minimum atomic E-state index is -2.43. The molecule has 1 aliphatic rings. The van der Waals surface area contributed by atoms with Crippen LogP contribution in [0.3, 0.4) is 0 Å².